The lowest BCUT2D eigenvalue weighted by atomic mass is 9.76. The van der Waals surface area contributed by atoms with E-state index in [0.29, 0.717) is 6.61 Å². The summed E-state index contributed by atoms with van der Waals surface area (Å²) in [5, 5.41) is 13.0. The molecule has 3 nitrogen and oxygen atoms in total. The number of aromatic nitrogens is 1. The summed E-state index contributed by atoms with van der Waals surface area (Å²) in [6.07, 6.45) is 4.36. The fourth-order valence-corrected chi connectivity index (χ4v) is 3.17. The van der Waals surface area contributed by atoms with Gasteiger partial charge in [-0.15, -0.1) is 11.3 Å². The SMILES string of the molecule is Cc1ncsc1CCC1(CO)CCNCC1. The smallest absolute Gasteiger partial charge is 0.0797 e. The number of aryl methyl sites for hydroxylation is 2. The fourth-order valence-electron chi connectivity index (χ4n) is 2.39. The Labute approximate surface area is 101 Å². The van der Waals surface area contributed by atoms with Crippen LogP contribution >= 0.6 is 11.3 Å². The van der Waals surface area contributed by atoms with E-state index in [0.717, 1.165) is 44.5 Å². The fraction of sp³-hybridized carbons (Fsp3) is 0.750. The molecular weight excluding hydrogens is 220 g/mol. The number of hydrogen-bond acceptors (Lipinski definition) is 4. The van der Waals surface area contributed by atoms with E-state index in [1.807, 2.05) is 5.51 Å². The summed E-state index contributed by atoms with van der Waals surface area (Å²) in [5.74, 6) is 0. The molecule has 4 heteroatoms. The highest BCUT2D eigenvalue weighted by Crippen LogP contribution is 2.34. The van der Waals surface area contributed by atoms with Crippen LogP contribution in [-0.4, -0.2) is 29.8 Å². The van der Waals surface area contributed by atoms with E-state index in [-0.39, 0.29) is 5.41 Å². The summed E-state index contributed by atoms with van der Waals surface area (Å²) in [6.45, 7) is 4.48. The van der Waals surface area contributed by atoms with Crippen molar-refractivity contribution in [2.75, 3.05) is 19.7 Å². The summed E-state index contributed by atoms with van der Waals surface area (Å²) in [4.78, 5) is 5.65. The first-order valence-corrected chi connectivity index (χ1v) is 6.84. The first-order valence-electron chi connectivity index (χ1n) is 5.96. The van der Waals surface area contributed by atoms with E-state index in [9.17, 15) is 5.11 Å². The van der Waals surface area contributed by atoms with Crippen molar-refractivity contribution < 1.29 is 5.11 Å². The minimum Gasteiger partial charge on any atom is -0.396 e. The maximum absolute atomic E-state index is 9.60. The van der Waals surface area contributed by atoms with Gasteiger partial charge in [0.25, 0.3) is 0 Å². The number of aliphatic hydroxyl groups is 1. The number of nitrogens with zero attached hydrogens (tertiary/aromatic N) is 1. The van der Waals surface area contributed by atoms with Gasteiger partial charge < -0.3 is 10.4 Å². The van der Waals surface area contributed by atoms with Crippen LogP contribution in [0, 0.1) is 12.3 Å². The standard InChI is InChI=1S/C12H20N2OS/c1-10-11(16-9-14-10)2-3-12(8-15)4-6-13-7-5-12/h9,13,15H,2-8H2,1H3. The number of nitrogens with one attached hydrogen (secondary N) is 1. The quantitative estimate of drug-likeness (QED) is 0.842. The highest BCUT2D eigenvalue weighted by Gasteiger charge is 2.31. The summed E-state index contributed by atoms with van der Waals surface area (Å²) >= 11 is 1.74. The molecule has 2 N–H and O–H groups in total. The lowest BCUT2D eigenvalue weighted by molar-refractivity contribution is 0.0808. The topological polar surface area (TPSA) is 45.2 Å². The van der Waals surface area contributed by atoms with Crippen LogP contribution < -0.4 is 5.32 Å². The molecule has 0 amide bonds. The second-order valence-corrected chi connectivity index (χ2v) is 5.71. The third-order valence-electron chi connectivity index (χ3n) is 3.73. The molecule has 90 valence electrons. The normalized spacial score (nSPS) is 19.9. The van der Waals surface area contributed by atoms with Crippen LogP contribution in [0.15, 0.2) is 5.51 Å². The van der Waals surface area contributed by atoms with Gasteiger partial charge in [-0.2, -0.15) is 0 Å². The average molecular weight is 240 g/mol. The van der Waals surface area contributed by atoms with Gasteiger partial charge >= 0.3 is 0 Å². The Hall–Kier alpha value is -0.450. The zero-order chi connectivity index (χ0) is 11.4. The van der Waals surface area contributed by atoms with Gasteiger partial charge in [0, 0.05) is 11.5 Å². The molecule has 0 aromatic carbocycles. The van der Waals surface area contributed by atoms with Gasteiger partial charge in [0.2, 0.25) is 0 Å². The Morgan fingerprint density at radius 1 is 1.50 bits per heavy atom. The minimum atomic E-state index is 0.154. The first kappa shape index (κ1) is 12.0. The number of piperidine rings is 1. The van der Waals surface area contributed by atoms with Crippen LogP contribution in [0.5, 0.6) is 0 Å². The van der Waals surface area contributed by atoms with Crippen LogP contribution in [0.2, 0.25) is 0 Å². The summed E-state index contributed by atoms with van der Waals surface area (Å²) in [5.41, 5.74) is 3.23. The summed E-state index contributed by atoms with van der Waals surface area (Å²) in [7, 11) is 0. The molecule has 2 rings (SSSR count). The molecule has 0 radical (unpaired) electrons. The zero-order valence-corrected chi connectivity index (χ0v) is 10.6. The van der Waals surface area contributed by atoms with Gasteiger partial charge in [0.15, 0.2) is 0 Å². The van der Waals surface area contributed by atoms with Gasteiger partial charge in [-0.25, -0.2) is 4.98 Å². The third-order valence-corrected chi connectivity index (χ3v) is 4.72. The predicted octanol–water partition coefficient (Wildman–Crippen LogP) is 1.75. The second-order valence-electron chi connectivity index (χ2n) is 4.77. The molecule has 1 aliphatic heterocycles. The molecule has 1 fully saturated rings. The molecular formula is C12H20N2OS. The molecule has 1 aromatic heterocycles. The third kappa shape index (κ3) is 2.62. The van der Waals surface area contributed by atoms with Gasteiger partial charge in [-0.1, -0.05) is 0 Å². The summed E-state index contributed by atoms with van der Waals surface area (Å²) < 4.78 is 0. The molecule has 0 aliphatic carbocycles. The number of hydrogen-bond donors (Lipinski definition) is 2. The van der Waals surface area contributed by atoms with Crippen LogP contribution in [-0.2, 0) is 6.42 Å². The molecule has 0 atom stereocenters. The van der Waals surface area contributed by atoms with Crippen molar-refractivity contribution in [2.45, 2.75) is 32.6 Å². The van der Waals surface area contributed by atoms with Crippen LogP contribution in [0.3, 0.4) is 0 Å². The van der Waals surface area contributed by atoms with E-state index in [4.69, 9.17) is 0 Å². The first-order chi connectivity index (χ1) is 7.76. The van der Waals surface area contributed by atoms with E-state index in [2.05, 4.69) is 17.2 Å². The Morgan fingerprint density at radius 2 is 2.25 bits per heavy atom. The molecule has 1 saturated heterocycles. The van der Waals surface area contributed by atoms with E-state index in [1.165, 1.54) is 4.88 Å². The van der Waals surface area contributed by atoms with Gasteiger partial charge in [-0.05, 0) is 51.1 Å². The monoisotopic (exact) mass is 240 g/mol. The molecule has 0 unspecified atom stereocenters. The van der Waals surface area contributed by atoms with Crippen molar-refractivity contribution >= 4 is 11.3 Å². The molecule has 0 saturated carbocycles. The van der Waals surface area contributed by atoms with Crippen molar-refractivity contribution in [3.05, 3.63) is 16.1 Å². The Bertz CT molecular complexity index is 332. The Kier molecular flexibility index (Phi) is 3.95. The molecule has 0 bridgehead atoms. The van der Waals surface area contributed by atoms with Crippen molar-refractivity contribution in [1.29, 1.82) is 0 Å². The lowest BCUT2D eigenvalue weighted by Crippen LogP contribution is -2.39. The number of rotatable bonds is 4. The minimum absolute atomic E-state index is 0.154. The Balaban J connectivity index is 1.94. The van der Waals surface area contributed by atoms with Crippen molar-refractivity contribution in [3.63, 3.8) is 0 Å². The van der Waals surface area contributed by atoms with E-state index < -0.39 is 0 Å². The molecule has 1 aliphatic rings. The van der Waals surface area contributed by atoms with Crippen molar-refractivity contribution in [3.8, 4) is 0 Å². The Morgan fingerprint density at radius 3 is 2.81 bits per heavy atom. The molecule has 1 aromatic rings. The highest BCUT2D eigenvalue weighted by molar-refractivity contribution is 7.09. The second kappa shape index (κ2) is 5.25. The average Bonchev–Trinajstić information content (AvgIpc) is 2.74. The van der Waals surface area contributed by atoms with Gasteiger partial charge in [-0.3, -0.25) is 0 Å². The van der Waals surface area contributed by atoms with E-state index in [1.54, 1.807) is 11.3 Å². The molecule has 0 spiro atoms. The predicted molar refractivity (Wildman–Crippen MR) is 66.8 cm³/mol. The van der Waals surface area contributed by atoms with Crippen LogP contribution in [0.25, 0.3) is 0 Å². The highest BCUT2D eigenvalue weighted by atomic mass is 32.1. The van der Waals surface area contributed by atoms with Gasteiger partial charge in [0.1, 0.15) is 0 Å². The molecule has 16 heavy (non-hydrogen) atoms. The number of thiazole rings is 1. The molecule has 2 heterocycles. The van der Waals surface area contributed by atoms with Gasteiger partial charge in [0.05, 0.1) is 11.2 Å². The van der Waals surface area contributed by atoms with Crippen LogP contribution in [0.1, 0.15) is 29.8 Å². The number of aliphatic hydroxyl groups excluding tert-OH is 1. The van der Waals surface area contributed by atoms with Crippen LogP contribution in [0.4, 0.5) is 0 Å². The largest absolute Gasteiger partial charge is 0.396 e. The maximum atomic E-state index is 9.60. The van der Waals surface area contributed by atoms with Crippen molar-refractivity contribution in [1.82, 2.24) is 10.3 Å². The lowest BCUT2D eigenvalue weighted by Gasteiger charge is -2.36. The summed E-state index contributed by atoms with van der Waals surface area (Å²) in [6, 6.07) is 0. The maximum Gasteiger partial charge on any atom is 0.0797 e. The van der Waals surface area contributed by atoms with Crippen molar-refractivity contribution in [2.24, 2.45) is 5.41 Å². The van der Waals surface area contributed by atoms with E-state index >= 15 is 0 Å². The zero-order valence-electron chi connectivity index (χ0n) is 9.83.